The van der Waals surface area contributed by atoms with Crippen LogP contribution in [0, 0.1) is 0 Å². The van der Waals surface area contributed by atoms with Gasteiger partial charge in [-0.05, 0) is 60.7 Å². The molecule has 4 amide bonds. The predicted octanol–water partition coefficient (Wildman–Crippen LogP) is 4.34. The molecule has 2 saturated heterocycles. The van der Waals surface area contributed by atoms with Gasteiger partial charge in [0.05, 0.1) is 9.80 Å². The summed E-state index contributed by atoms with van der Waals surface area (Å²) in [6.07, 6.45) is 2.82. The van der Waals surface area contributed by atoms with Gasteiger partial charge in [-0.25, -0.2) is 4.79 Å². The van der Waals surface area contributed by atoms with Crippen molar-refractivity contribution in [3.63, 3.8) is 0 Å². The minimum absolute atomic E-state index is 0.0756. The minimum atomic E-state index is -0.757. The molecule has 182 valence electrons. The number of nitrogens with zero attached hydrogens (tertiary/aromatic N) is 4. The van der Waals surface area contributed by atoms with Gasteiger partial charge in [0.25, 0.3) is 11.8 Å². The van der Waals surface area contributed by atoms with Crippen molar-refractivity contribution in [1.29, 1.82) is 0 Å². The molecule has 2 aromatic carbocycles. The lowest BCUT2D eigenvalue weighted by molar-refractivity contribution is -0.121. The maximum absolute atomic E-state index is 13.6. The van der Waals surface area contributed by atoms with Gasteiger partial charge >= 0.3 is 6.03 Å². The van der Waals surface area contributed by atoms with Crippen molar-refractivity contribution < 1.29 is 24.6 Å². The average Bonchev–Trinajstić information content (AvgIpc) is 3.50. The van der Waals surface area contributed by atoms with E-state index in [1.807, 2.05) is 0 Å². The first-order valence-corrected chi connectivity index (χ1v) is 12.9. The number of anilines is 2. The Hall–Kier alpha value is -3.96. The molecule has 2 fully saturated rings. The Balaban J connectivity index is 1.57. The van der Waals surface area contributed by atoms with E-state index in [0.717, 1.165) is 11.5 Å². The zero-order chi connectivity index (χ0) is 25.2. The van der Waals surface area contributed by atoms with Crippen LogP contribution in [0.25, 0.3) is 0 Å². The molecule has 1 aromatic heterocycles. The second-order valence-electron chi connectivity index (χ2n) is 7.83. The number of carbonyl (C=O) groups excluding carboxylic acids is 3. The monoisotopic (exact) mass is 520 g/mol. The van der Waals surface area contributed by atoms with Gasteiger partial charge in [0, 0.05) is 35.3 Å². The fourth-order valence-corrected chi connectivity index (χ4v) is 6.36. The molecule has 2 aliphatic rings. The molecular weight excluding hydrogens is 500 g/mol. The van der Waals surface area contributed by atoms with E-state index in [0.29, 0.717) is 20.5 Å². The second kappa shape index (κ2) is 9.96. The van der Waals surface area contributed by atoms with Crippen LogP contribution in [-0.4, -0.2) is 61.0 Å². The van der Waals surface area contributed by atoms with Crippen LogP contribution in [0.15, 0.2) is 83.0 Å². The van der Waals surface area contributed by atoms with Crippen LogP contribution in [0.1, 0.15) is 10.4 Å². The summed E-state index contributed by atoms with van der Waals surface area (Å²) in [5.41, 5.74) is 1.55. The van der Waals surface area contributed by atoms with Crippen LogP contribution < -0.4 is 4.90 Å². The van der Waals surface area contributed by atoms with Gasteiger partial charge in [-0.3, -0.25) is 19.5 Å². The number of thioether (sulfide) groups is 2. The molecule has 0 radical (unpaired) electrons. The van der Waals surface area contributed by atoms with Gasteiger partial charge in [-0.2, -0.15) is 4.90 Å². The summed E-state index contributed by atoms with van der Waals surface area (Å²) >= 11 is 2.95. The largest absolute Gasteiger partial charge is 0.508 e. The first kappa shape index (κ1) is 23.8. The molecule has 0 spiro atoms. The molecule has 36 heavy (non-hydrogen) atoms. The summed E-state index contributed by atoms with van der Waals surface area (Å²) < 4.78 is 0.686. The third kappa shape index (κ3) is 4.50. The molecule has 0 unspecified atom stereocenters. The highest BCUT2D eigenvalue weighted by molar-refractivity contribution is 8.25. The number of urea groups is 1. The third-order valence-electron chi connectivity index (χ3n) is 5.56. The number of phenolic OH excluding ortho intramolecular Hbond substituents is 2. The number of carbonyl (C=O) groups is 3. The maximum Gasteiger partial charge on any atom is 0.340 e. The topological polar surface area (TPSA) is 114 Å². The molecular formula is C25H20N4O5S2. The maximum atomic E-state index is 13.6. The van der Waals surface area contributed by atoms with Gasteiger partial charge < -0.3 is 15.1 Å². The van der Waals surface area contributed by atoms with Crippen LogP contribution >= 0.6 is 23.5 Å². The lowest BCUT2D eigenvalue weighted by Gasteiger charge is -2.30. The van der Waals surface area contributed by atoms with Crippen molar-refractivity contribution >= 4 is 52.7 Å². The van der Waals surface area contributed by atoms with Crippen molar-refractivity contribution in [2.45, 2.75) is 0 Å². The summed E-state index contributed by atoms with van der Waals surface area (Å²) in [5.74, 6) is 0.303. The molecule has 0 saturated carbocycles. The number of phenols is 2. The van der Waals surface area contributed by atoms with E-state index >= 15 is 0 Å². The number of pyridine rings is 1. The molecule has 3 heterocycles. The van der Waals surface area contributed by atoms with Crippen LogP contribution in [0.5, 0.6) is 11.5 Å². The molecule has 0 aliphatic carbocycles. The Morgan fingerprint density at radius 1 is 0.917 bits per heavy atom. The fourth-order valence-electron chi connectivity index (χ4n) is 3.82. The first-order chi connectivity index (χ1) is 17.4. The van der Waals surface area contributed by atoms with E-state index in [2.05, 4.69) is 4.98 Å². The normalized spacial score (nSPS) is 15.7. The molecule has 3 aromatic rings. The van der Waals surface area contributed by atoms with Crippen molar-refractivity contribution in [2.75, 3.05) is 23.1 Å². The Morgan fingerprint density at radius 2 is 1.50 bits per heavy atom. The molecule has 5 rings (SSSR count). The zero-order valence-electron chi connectivity index (χ0n) is 18.8. The second-order valence-corrected chi connectivity index (χ2v) is 10.3. The van der Waals surface area contributed by atoms with E-state index in [9.17, 15) is 24.6 Å². The summed E-state index contributed by atoms with van der Waals surface area (Å²) in [5, 5.41) is 19.5. The van der Waals surface area contributed by atoms with Gasteiger partial charge in [-0.1, -0.05) is 0 Å². The van der Waals surface area contributed by atoms with Crippen molar-refractivity contribution in [3.05, 3.63) is 88.6 Å². The highest BCUT2D eigenvalue weighted by Crippen LogP contribution is 2.43. The van der Waals surface area contributed by atoms with Crippen molar-refractivity contribution in [2.24, 2.45) is 0 Å². The van der Waals surface area contributed by atoms with Gasteiger partial charge in [0.1, 0.15) is 23.9 Å². The standard InChI is InChI=1S/C25H20N4O5S2/c30-19-7-3-17(4-8-19)27(18-5-9-20(31)10-6-18)15-28-21(24-35-12-13-36-24)23(33)29(25(28)34)22(32)16-2-1-11-26-14-16/h1-11,14,30-31H,12-13,15H2. The summed E-state index contributed by atoms with van der Waals surface area (Å²) in [4.78, 5) is 48.0. The van der Waals surface area contributed by atoms with E-state index in [1.165, 1.54) is 71.1 Å². The molecule has 2 aliphatic heterocycles. The van der Waals surface area contributed by atoms with Crippen LogP contribution in [0.2, 0.25) is 0 Å². The zero-order valence-corrected chi connectivity index (χ0v) is 20.4. The van der Waals surface area contributed by atoms with Gasteiger partial charge in [0.2, 0.25) is 0 Å². The Kier molecular flexibility index (Phi) is 6.57. The number of aromatic nitrogens is 1. The number of benzene rings is 2. The lowest BCUT2D eigenvalue weighted by atomic mass is 10.2. The minimum Gasteiger partial charge on any atom is -0.508 e. The van der Waals surface area contributed by atoms with E-state index in [-0.39, 0.29) is 29.4 Å². The Bertz CT molecular complexity index is 1290. The quantitative estimate of drug-likeness (QED) is 0.288. The molecule has 0 bridgehead atoms. The summed E-state index contributed by atoms with van der Waals surface area (Å²) in [7, 11) is 0. The number of amides is 4. The average molecular weight is 521 g/mol. The number of hydrogen-bond donors (Lipinski definition) is 2. The SMILES string of the molecule is O=C1C(=C2SCCS2)N(CN(c2ccc(O)cc2)c2ccc(O)cc2)C(=O)N1C(=O)c1cccnc1. The van der Waals surface area contributed by atoms with Gasteiger partial charge in [0.15, 0.2) is 0 Å². The molecule has 9 nitrogen and oxygen atoms in total. The van der Waals surface area contributed by atoms with E-state index < -0.39 is 17.8 Å². The number of aromatic hydroxyl groups is 2. The Morgan fingerprint density at radius 3 is 2.03 bits per heavy atom. The van der Waals surface area contributed by atoms with Crippen LogP contribution in [-0.2, 0) is 4.79 Å². The number of hydrogen-bond acceptors (Lipinski definition) is 9. The molecule has 11 heteroatoms. The fraction of sp³-hybridized carbons (Fsp3) is 0.120. The molecule has 2 N–H and O–H groups in total. The number of imide groups is 3. The third-order valence-corrected chi connectivity index (χ3v) is 8.25. The van der Waals surface area contributed by atoms with E-state index in [1.54, 1.807) is 35.2 Å². The smallest absolute Gasteiger partial charge is 0.340 e. The highest BCUT2D eigenvalue weighted by Gasteiger charge is 2.48. The highest BCUT2D eigenvalue weighted by atomic mass is 32.2. The van der Waals surface area contributed by atoms with Crippen molar-refractivity contribution in [1.82, 2.24) is 14.8 Å². The predicted molar refractivity (Wildman–Crippen MR) is 138 cm³/mol. The Labute approximate surface area is 215 Å². The van der Waals surface area contributed by atoms with E-state index in [4.69, 9.17) is 0 Å². The number of rotatable bonds is 5. The van der Waals surface area contributed by atoms with Gasteiger partial charge in [-0.15, -0.1) is 23.5 Å². The summed E-state index contributed by atoms with van der Waals surface area (Å²) in [6.45, 7) is -0.0864. The van der Waals surface area contributed by atoms with Crippen molar-refractivity contribution in [3.8, 4) is 11.5 Å². The van der Waals surface area contributed by atoms with Crippen LogP contribution in [0.4, 0.5) is 16.2 Å². The lowest BCUT2D eigenvalue weighted by Crippen LogP contribution is -2.41. The van der Waals surface area contributed by atoms with Crippen LogP contribution in [0.3, 0.4) is 0 Å². The first-order valence-electron chi connectivity index (χ1n) is 10.9. The molecule has 0 atom stereocenters. The summed E-state index contributed by atoms with van der Waals surface area (Å²) in [6, 6.07) is 15.1.